The van der Waals surface area contributed by atoms with Crippen LogP contribution < -0.4 is 10.1 Å². The molecule has 2 rings (SSSR count). The fourth-order valence-electron chi connectivity index (χ4n) is 1.42. The summed E-state index contributed by atoms with van der Waals surface area (Å²) in [5.41, 5.74) is 2.46. The standard InChI is InChI=1S/C11H18N6OS2/c1-7(16-20-11(2,3)4)9-12-6-13-17(9)10-15-14-8(18)5-19-10/h6-7,16H,5H2,1-4H3,(H,14,18). The van der Waals surface area contributed by atoms with Crippen LogP contribution in [-0.4, -0.2) is 36.3 Å². The first kappa shape index (κ1) is 15.3. The number of amides is 1. The summed E-state index contributed by atoms with van der Waals surface area (Å²) in [6, 6.07) is 0.0163. The number of rotatable bonds is 3. The topological polar surface area (TPSA) is 84.2 Å². The lowest BCUT2D eigenvalue weighted by molar-refractivity contribution is -0.118. The molecule has 0 aromatic carbocycles. The van der Waals surface area contributed by atoms with Gasteiger partial charge < -0.3 is 0 Å². The third kappa shape index (κ3) is 3.97. The normalized spacial score (nSPS) is 17.6. The van der Waals surface area contributed by atoms with Crippen molar-refractivity contribution < 1.29 is 4.79 Å². The van der Waals surface area contributed by atoms with Crippen molar-refractivity contribution in [1.82, 2.24) is 24.9 Å². The second kappa shape index (κ2) is 6.15. The summed E-state index contributed by atoms with van der Waals surface area (Å²) in [6.45, 7) is 8.43. The van der Waals surface area contributed by atoms with Gasteiger partial charge in [-0.05, 0) is 27.7 Å². The van der Waals surface area contributed by atoms with Gasteiger partial charge in [0.15, 0.2) is 5.82 Å². The van der Waals surface area contributed by atoms with Crippen molar-refractivity contribution in [3.05, 3.63) is 12.2 Å². The SMILES string of the molecule is CC(NSC(C)(C)C)c1ncnn1C1=NNC(=O)CS1. The van der Waals surface area contributed by atoms with E-state index < -0.39 is 0 Å². The van der Waals surface area contributed by atoms with Gasteiger partial charge in [0.1, 0.15) is 6.33 Å². The Hall–Kier alpha value is -1.06. The summed E-state index contributed by atoms with van der Waals surface area (Å²) >= 11 is 3.00. The van der Waals surface area contributed by atoms with E-state index in [1.807, 2.05) is 6.92 Å². The number of hydrogen-bond acceptors (Lipinski definition) is 7. The van der Waals surface area contributed by atoms with Gasteiger partial charge in [-0.25, -0.2) is 10.4 Å². The molecular formula is C11H18N6OS2. The molecule has 1 atom stereocenters. The van der Waals surface area contributed by atoms with E-state index in [1.165, 1.54) is 18.1 Å². The van der Waals surface area contributed by atoms with Crippen LogP contribution in [0.4, 0.5) is 0 Å². The van der Waals surface area contributed by atoms with Crippen molar-refractivity contribution in [3.63, 3.8) is 0 Å². The van der Waals surface area contributed by atoms with E-state index >= 15 is 0 Å². The van der Waals surface area contributed by atoms with Crippen LogP contribution in [0.1, 0.15) is 39.6 Å². The third-order valence-corrected chi connectivity index (χ3v) is 4.31. The van der Waals surface area contributed by atoms with E-state index in [0.29, 0.717) is 10.9 Å². The van der Waals surface area contributed by atoms with Crippen molar-refractivity contribution in [2.45, 2.75) is 38.5 Å². The Labute approximate surface area is 126 Å². The average Bonchev–Trinajstić information content (AvgIpc) is 2.85. The van der Waals surface area contributed by atoms with E-state index in [2.05, 4.69) is 46.1 Å². The van der Waals surface area contributed by atoms with Gasteiger partial charge in [-0.15, -0.1) is 5.10 Å². The lowest BCUT2D eigenvalue weighted by Gasteiger charge is -2.22. The highest BCUT2D eigenvalue weighted by Gasteiger charge is 2.22. The lowest BCUT2D eigenvalue weighted by atomic mass is 10.3. The second-order valence-electron chi connectivity index (χ2n) is 5.30. The summed E-state index contributed by atoms with van der Waals surface area (Å²) in [7, 11) is 0. The first-order chi connectivity index (χ1) is 9.37. The number of hydrazone groups is 1. The van der Waals surface area contributed by atoms with Gasteiger partial charge in [0.2, 0.25) is 5.17 Å². The molecule has 0 saturated carbocycles. The summed E-state index contributed by atoms with van der Waals surface area (Å²) < 4.78 is 5.13. The van der Waals surface area contributed by atoms with Crippen LogP contribution in [0.5, 0.6) is 0 Å². The molecule has 2 N–H and O–H groups in total. The van der Waals surface area contributed by atoms with Gasteiger partial charge in [0.05, 0.1) is 11.8 Å². The zero-order chi connectivity index (χ0) is 14.8. The zero-order valence-corrected chi connectivity index (χ0v) is 13.5. The molecule has 0 aliphatic carbocycles. The predicted octanol–water partition coefficient (Wildman–Crippen LogP) is 1.36. The Morgan fingerprint density at radius 3 is 2.90 bits per heavy atom. The molecule has 1 aliphatic heterocycles. The van der Waals surface area contributed by atoms with Gasteiger partial charge in [0, 0.05) is 4.75 Å². The van der Waals surface area contributed by atoms with Gasteiger partial charge in [-0.1, -0.05) is 23.7 Å². The Bertz CT molecular complexity index is 521. The number of hydrogen-bond donors (Lipinski definition) is 2. The Morgan fingerprint density at radius 2 is 2.30 bits per heavy atom. The van der Waals surface area contributed by atoms with Crippen LogP contribution in [0, 0.1) is 0 Å². The molecule has 110 valence electrons. The maximum Gasteiger partial charge on any atom is 0.250 e. The Kier molecular flexibility index (Phi) is 4.71. The molecule has 7 nitrogen and oxygen atoms in total. The Balaban J connectivity index is 2.10. The van der Waals surface area contributed by atoms with Gasteiger partial charge >= 0.3 is 0 Å². The van der Waals surface area contributed by atoms with E-state index in [1.54, 1.807) is 16.6 Å². The van der Waals surface area contributed by atoms with Crippen LogP contribution >= 0.6 is 23.7 Å². The van der Waals surface area contributed by atoms with Crippen LogP contribution in [0.15, 0.2) is 11.4 Å². The zero-order valence-electron chi connectivity index (χ0n) is 11.9. The monoisotopic (exact) mass is 314 g/mol. The van der Waals surface area contributed by atoms with Crippen LogP contribution in [-0.2, 0) is 4.79 Å². The number of nitrogens with zero attached hydrogens (tertiary/aromatic N) is 4. The quantitative estimate of drug-likeness (QED) is 0.820. The summed E-state index contributed by atoms with van der Waals surface area (Å²) in [4.78, 5) is 15.4. The molecular weight excluding hydrogens is 296 g/mol. The van der Waals surface area contributed by atoms with Crippen LogP contribution in [0.2, 0.25) is 0 Å². The van der Waals surface area contributed by atoms with Crippen molar-refractivity contribution in [1.29, 1.82) is 0 Å². The van der Waals surface area contributed by atoms with Gasteiger partial charge in [-0.3, -0.25) is 9.52 Å². The highest BCUT2D eigenvalue weighted by Crippen LogP contribution is 2.24. The van der Waals surface area contributed by atoms with E-state index in [0.717, 1.165) is 5.82 Å². The fraction of sp³-hybridized carbons (Fsp3) is 0.636. The van der Waals surface area contributed by atoms with Gasteiger partial charge in [-0.2, -0.15) is 9.78 Å². The van der Waals surface area contributed by atoms with Crippen LogP contribution in [0.25, 0.3) is 0 Å². The molecule has 1 amide bonds. The molecule has 20 heavy (non-hydrogen) atoms. The molecule has 0 radical (unpaired) electrons. The van der Waals surface area contributed by atoms with Crippen molar-refractivity contribution in [2.75, 3.05) is 5.75 Å². The molecule has 0 spiro atoms. The number of nitrogens with one attached hydrogen (secondary N) is 2. The molecule has 1 aromatic rings. The highest BCUT2D eigenvalue weighted by molar-refractivity contribution is 8.14. The van der Waals surface area contributed by atoms with Crippen molar-refractivity contribution >= 4 is 34.8 Å². The highest BCUT2D eigenvalue weighted by atomic mass is 32.2. The lowest BCUT2D eigenvalue weighted by Crippen LogP contribution is -2.31. The Morgan fingerprint density at radius 1 is 1.55 bits per heavy atom. The summed E-state index contributed by atoms with van der Waals surface area (Å²) in [6.07, 6.45) is 1.49. The minimum atomic E-state index is -0.102. The largest absolute Gasteiger partial charge is 0.272 e. The maximum atomic E-state index is 11.1. The fourth-order valence-corrected chi connectivity index (χ4v) is 2.76. The molecule has 0 fully saturated rings. The minimum absolute atomic E-state index is 0.0163. The smallest absolute Gasteiger partial charge is 0.250 e. The first-order valence-corrected chi connectivity index (χ1v) is 8.00. The predicted molar refractivity (Wildman–Crippen MR) is 82.4 cm³/mol. The number of carbonyl (C=O) groups excluding carboxylic acids is 1. The second-order valence-corrected chi connectivity index (χ2v) is 7.91. The van der Waals surface area contributed by atoms with E-state index in [9.17, 15) is 4.79 Å². The van der Waals surface area contributed by atoms with Crippen LogP contribution in [0.3, 0.4) is 0 Å². The third-order valence-electron chi connectivity index (χ3n) is 2.29. The average molecular weight is 314 g/mol. The first-order valence-electron chi connectivity index (χ1n) is 6.20. The van der Waals surface area contributed by atoms with Gasteiger partial charge in [0.25, 0.3) is 5.91 Å². The molecule has 0 saturated heterocycles. The maximum absolute atomic E-state index is 11.1. The molecule has 0 bridgehead atoms. The van der Waals surface area contributed by atoms with Crippen molar-refractivity contribution in [3.8, 4) is 0 Å². The van der Waals surface area contributed by atoms with E-state index in [4.69, 9.17) is 0 Å². The molecule has 1 aliphatic rings. The number of aromatic nitrogens is 3. The minimum Gasteiger partial charge on any atom is -0.272 e. The summed E-state index contributed by atoms with van der Waals surface area (Å²) in [5.74, 6) is 1.01. The summed E-state index contributed by atoms with van der Waals surface area (Å²) in [5, 5.41) is 8.83. The molecule has 1 aromatic heterocycles. The molecule has 2 heterocycles. The molecule has 1 unspecified atom stereocenters. The number of thioether (sulfide) groups is 1. The van der Waals surface area contributed by atoms with Crippen molar-refractivity contribution in [2.24, 2.45) is 5.10 Å². The number of carbonyl (C=O) groups is 1. The van der Waals surface area contributed by atoms with E-state index in [-0.39, 0.29) is 16.7 Å². The molecule has 9 heteroatoms.